The van der Waals surface area contributed by atoms with E-state index in [1.807, 2.05) is 32.8 Å². The SMILES string of the molecule is CCC(C)(C=O)SC(=S)N(C)C. The molecule has 0 N–H and O–H groups in total. The van der Waals surface area contributed by atoms with E-state index in [9.17, 15) is 4.79 Å². The molecule has 0 bridgehead atoms. The van der Waals surface area contributed by atoms with E-state index in [2.05, 4.69) is 0 Å². The molecule has 0 aliphatic heterocycles. The van der Waals surface area contributed by atoms with Crippen LogP contribution in [0.4, 0.5) is 0 Å². The quantitative estimate of drug-likeness (QED) is 0.518. The summed E-state index contributed by atoms with van der Waals surface area (Å²) in [5.41, 5.74) is 0. The summed E-state index contributed by atoms with van der Waals surface area (Å²) in [6.07, 6.45) is 1.77. The molecule has 0 aromatic carbocycles. The van der Waals surface area contributed by atoms with Crippen molar-refractivity contribution in [1.29, 1.82) is 0 Å². The summed E-state index contributed by atoms with van der Waals surface area (Å²) < 4.78 is 0.396. The Bertz CT molecular complexity index is 182. The van der Waals surface area contributed by atoms with Gasteiger partial charge in [0.1, 0.15) is 10.6 Å². The van der Waals surface area contributed by atoms with E-state index in [1.165, 1.54) is 11.8 Å². The second kappa shape index (κ2) is 4.82. The Balaban J connectivity index is 4.21. The summed E-state index contributed by atoms with van der Waals surface area (Å²) in [6, 6.07) is 0. The van der Waals surface area contributed by atoms with Crippen molar-refractivity contribution in [3.63, 3.8) is 0 Å². The van der Waals surface area contributed by atoms with E-state index < -0.39 is 0 Å². The maximum atomic E-state index is 10.7. The van der Waals surface area contributed by atoms with Crippen LogP contribution >= 0.6 is 24.0 Å². The van der Waals surface area contributed by atoms with Gasteiger partial charge in [0.15, 0.2) is 0 Å². The number of hydrogen-bond acceptors (Lipinski definition) is 3. The minimum atomic E-state index is -0.360. The highest BCUT2D eigenvalue weighted by Gasteiger charge is 2.24. The largest absolute Gasteiger partial charge is 0.364 e. The van der Waals surface area contributed by atoms with E-state index >= 15 is 0 Å². The van der Waals surface area contributed by atoms with Gasteiger partial charge in [-0.3, -0.25) is 0 Å². The van der Waals surface area contributed by atoms with Crippen molar-refractivity contribution in [3.8, 4) is 0 Å². The molecule has 0 spiro atoms. The van der Waals surface area contributed by atoms with Gasteiger partial charge in [-0.15, -0.1) is 0 Å². The Labute approximate surface area is 83.7 Å². The minimum Gasteiger partial charge on any atom is -0.364 e. The minimum absolute atomic E-state index is 0.360. The molecule has 0 fully saturated rings. The first-order valence-corrected chi connectivity index (χ1v) is 5.04. The van der Waals surface area contributed by atoms with Crippen LogP contribution in [0.25, 0.3) is 0 Å². The zero-order chi connectivity index (χ0) is 9.78. The highest BCUT2D eigenvalue weighted by Crippen LogP contribution is 2.28. The average molecular weight is 205 g/mol. The Morgan fingerprint density at radius 3 is 2.42 bits per heavy atom. The summed E-state index contributed by atoms with van der Waals surface area (Å²) >= 11 is 6.53. The van der Waals surface area contributed by atoms with Crippen LogP contribution in [0.2, 0.25) is 0 Å². The lowest BCUT2D eigenvalue weighted by molar-refractivity contribution is -0.109. The van der Waals surface area contributed by atoms with Crippen molar-refractivity contribution in [2.75, 3.05) is 14.1 Å². The molecule has 0 rings (SSSR count). The normalized spacial score (nSPS) is 15.0. The number of thioether (sulfide) groups is 1. The van der Waals surface area contributed by atoms with Crippen LogP contribution in [-0.4, -0.2) is 34.3 Å². The fourth-order valence-electron chi connectivity index (χ4n) is 0.470. The van der Waals surface area contributed by atoms with Gasteiger partial charge in [0.25, 0.3) is 0 Å². The zero-order valence-electron chi connectivity index (χ0n) is 7.96. The number of carbonyl (C=O) groups excluding carboxylic acids is 1. The Morgan fingerprint density at radius 1 is 1.67 bits per heavy atom. The molecule has 0 radical (unpaired) electrons. The molecule has 4 heteroatoms. The average Bonchev–Trinajstić information content (AvgIpc) is 2.04. The number of rotatable bonds is 3. The maximum Gasteiger partial charge on any atom is 0.136 e. The highest BCUT2D eigenvalue weighted by molar-refractivity contribution is 8.24. The van der Waals surface area contributed by atoms with Gasteiger partial charge in [-0.05, 0) is 13.3 Å². The molecule has 0 aliphatic carbocycles. The molecule has 0 saturated heterocycles. The van der Waals surface area contributed by atoms with Crippen molar-refractivity contribution < 1.29 is 4.79 Å². The van der Waals surface area contributed by atoms with Gasteiger partial charge < -0.3 is 9.69 Å². The third-order valence-electron chi connectivity index (χ3n) is 1.64. The lowest BCUT2D eigenvalue weighted by Crippen LogP contribution is -2.27. The Hall–Kier alpha value is -0.0900. The molecule has 2 nitrogen and oxygen atoms in total. The van der Waals surface area contributed by atoms with E-state index in [-0.39, 0.29) is 4.75 Å². The van der Waals surface area contributed by atoms with Gasteiger partial charge >= 0.3 is 0 Å². The van der Waals surface area contributed by atoms with Crippen LogP contribution in [0, 0.1) is 0 Å². The lowest BCUT2D eigenvalue weighted by atomic mass is 10.1. The number of hydrogen-bond donors (Lipinski definition) is 0. The molecule has 12 heavy (non-hydrogen) atoms. The predicted molar refractivity (Wildman–Crippen MR) is 58.6 cm³/mol. The molecule has 1 atom stereocenters. The van der Waals surface area contributed by atoms with Crippen molar-refractivity contribution in [2.45, 2.75) is 25.0 Å². The summed E-state index contributed by atoms with van der Waals surface area (Å²) in [4.78, 5) is 12.6. The van der Waals surface area contributed by atoms with Gasteiger partial charge in [-0.2, -0.15) is 0 Å². The van der Waals surface area contributed by atoms with E-state index in [0.717, 1.165) is 17.0 Å². The summed E-state index contributed by atoms with van der Waals surface area (Å²) in [5, 5.41) is 0. The van der Waals surface area contributed by atoms with Crippen LogP contribution in [0.15, 0.2) is 0 Å². The van der Waals surface area contributed by atoms with Gasteiger partial charge in [-0.1, -0.05) is 30.9 Å². The lowest BCUT2D eigenvalue weighted by Gasteiger charge is -2.23. The van der Waals surface area contributed by atoms with Crippen LogP contribution in [0.3, 0.4) is 0 Å². The molecule has 0 aromatic heterocycles. The second-order valence-corrected chi connectivity index (χ2v) is 5.22. The number of aldehydes is 1. The third kappa shape index (κ3) is 3.54. The van der Waals surface area contributed by atoms with Crippen molar-refractivity contribution in [1.82, 2.24) is 4.90 Å². The Kier molecular flexibility index (Phi) is 4.78. The molecular formula is C8H15NOS2. The first kappa shape index (κ1) is 11.9. The smallest absolute Gasteiger partial charge is 0.136 e. The van der Waals surface area contributed by atoms with Crippen molar-refractivity contribution in [3.05, 3.63) is 0 Å². The van der Waals surface area contributed by atoms with E-state index in [0.29, 0.717) is 0 Å². The second-order valence-electron chi connectivity index (χ2n) is 3.05. The fraction of sp³-hybridized carbons (Fsp3) is 0.750. The number of carbonyl (C=O) groups is 1. The van der Waals surface area contributed by atoms with Crippen LogP contribution in [0.1, 0.15) is 20.3 Å². The fourth-order valence-corrected chi connectivity index (χ4v) is 1.82. The van der Waals surface area contributed by atoms with Crippen LogP contribution in [-0.2, 0) is 4.79 Å². The van der Waals surface area contributed by atoms with Crippen molar-refractivity contribution in [2.24, 2.45) is 0 Å². The first-order valence-electron chi connectivity index (χ1n) is 3.82. The molecule has 70 valence electrons. The predicted octanol–water partition coefficient (Wildman–Crippen LogP) is 1.93. The molecule has 0 heterocycles. The number of thiocarbonyl (C=S) groups is 1. The van der Waals surface area contributed by atoms with Crippen LogP contribution in [0.5, 0.6) is 0 Å². The van der Waals surface area contributed by atoms with E-state index in [4.69, 9.17) is 12.2 Å². The third-order valence-corrected chi connectivity index (χ3v) is 3.64. The first-order chi connectivity index (χ1) is 5.45. The van der Waals surface area contributed by atoms with Gasteiger partial charge in [-0.25, -0.2) is 0 Å². The van der Waals surface area contributed by atoms with Crippen LogP contribution < -0.4 is 0 Å². The summed E-state index contributed by atoms with van der Waals surface area (Å²) in [6.45, 7) is 3.89. The Morgan fingerprint density at radius 2 is 2.17 bits per heavy atom. The summed E-state index contributed by atoms with van der Waals surface area (Å²) in [5.74, 6) is 0. The molecule has 0 saturated carbocycles. The highest BCUT2D eigenvalue weighted by atomic mass is 32.2. The summed E-state index contributed by atoms with van der Waals surface area (Å²) in [7, 11) is 3.77. The molecule has 0 aromatic rings. The molecule has 0 aliphatic rings. The van der Waals surface area contributed by atoms with Crippen molar-refractivity contribution >= 4 is 34.6 Å². The zero-order valence-corrected chi connectivity index (χ0v) is 9.59. The van der Waals surface area contributed by atoms with Gasteiger partial charge in [0.2, 0.25) is 0 Å². The topological polar surface area (TPSA) is 20.3 Å². The monoisotopic (exact) mass is 205 g/mol. The molecular weight excluding hydrogens is 190 g/mol. The maximum absolute atomic E-state index is 10.7. The number of nitrogens with zero attached hydrogens (tertiary/aromatic N) is 1. The molecule has 1 unspecified atom stereocenters. The van der Waals surface area contributed by atoms with Gasteiger partial charge in [0.05, 0.1) is 4.75 Å². The van der Waals surface area contributed by atoms with E-state index in [1.54, 1.807) is 0 Å². The van der Waals surface area contributed by atoms with Gasteiger partial charge in [0, 0.05) is 14.1 Å². The standard InChI is InChI=1S/C8H15NOS2/c1-5-8(2,6-10)12-7(11)9(3)4/h6H,5H2,1-4H3. The molecule has 0 amide bonds.